The third-order valence-electron chi connectivity index (χ3n) is 7.35. The van der Waals surface area contributed by atoms with Crippen LogP contribution in [0.2, 0.25) is 0 Å². The van der Waals surface area contributed by atoms with Crippen molar-refractivity contribution in [2.75, 3.05) is 32.2 Å². The van der Waals surface area contributed by atoms with Crippen LogP contribution < -0.4 is 10.6 Å². The summed E-state index contributed by atoms with van der Waals surface area (Å²) in [5.41, 5.74) is 2.11. The molecular weight excluding hydrogens is 564 g/mol. The van der Waals surface area contributed by atoms with Crippen LogP contribution in [0.5, 0.6) is 0 Å². The Morgan fingerprint density at radius 3 is 2.65 bits per heavy atom. The van der Waals surface area contributed by atoms with E-state index >= 15 is 0 Å². The van der Waals surface area contributed by atoms with Crippen LogP contribution in [-0.4, -0.2) is 108 Å². The number of nitrogens with zero attached hydrogens (tertiary/aromatic N) is 6. The van der Waals surface area contributed by atoms with Crippen LogP contribution in [0.4, 0.5) is 5.82 Å². The summed E-state index contributed by atoms with van der Waals surface area (Å²) >= 11 is 0. The van der Waals surface area contributed by atoms with Gasteiger partial charge in [0.25, 0.3) is 11.9 Å². The summed E-state index contributed by atoms with van der Waals surface area (Å²) in [6, 6.07) is 6.66. The number of aromatic nitrogens is 6. The maximum atomic E-state index is 12.9. The predicted octanol–water partition coefficient (Wildman–Crippen LogP) is -0.459. The van der Waals surface area contributed by atoms with Crippen LogP contribution in [0, 0.1) is 0 Å². The number of benzene rings is 1. The van der Waals surface area contributed by atoms with Gasteiger partial charge in [-0.1, -0.05) is 12.1 Å². The molecule has 0 spiro atoms. The van der Waals surface area contributed by atoms with E-state index in [-0.39, 0.29) is 35.7 Å². The molecule has 0 saturated carbocycles. The third-order valence-corrected chi connectivity index (χ3v) is 7.35. The Kier molecular flexibility index (Phi) is 8.00. The van der Waals surface area contributed by atoms with Gasteiger partial charge in [-0.25, -0.2) is 14.5 Å². The van der Waals surface area contributed by atoms with E-state index in [1.165, 1.54) is 35.1 Å². The van der Waals surface area contributed by atoms with Crippen molar-refractivity contribution in [2.45, 2.75) is 43.5 Å². The lowest BCUT2D eigenvalue weighted by atomic mass is 10.1. The zero-order valence-corrected chi connectivity index (χ0v) is 23.0. The third kappa shape index (κ3) is 5.65. The largest absolute Gasteiger partial charge is 0.465 e. The number of amides is 1. The molecule has 0 radical (unpaired) electrons. The van der Waals surface area contributed by atoms with E-state index in [0.29, 0.717) is 30.1 Å². The van der Waals surface area contributed by atoms with Gasteiger partial charge in [-0.2, -0.15) is 15.1 Å². The number of aliphatic hydroxyl groups is 3. The minimum absolute atomic E-state index is 0.0225. The van der Waals surface area contributed by atoms with Crippen LogP contribution in [-0.2, 0) is 20.8 Å². The van der Waals surface area contributed by atoms with Gasteiger partial charge in [0.05, 0.1) is 50.0 Å². The maximum absolute atomic E-state index is 12.9. The van der Waals surface area contributed by atoms with E-state index in [0.717, 1.165) is 12.0 Å². The fourth-order valence-corrected chi connectivity index (χ4v) is 4.96. The molecule has 1 amide bonds. The number of esters is 1. The van der Waals surface area contributed by atoms with Crippen molar-refractivity contribution in [2.24, 2.45) is 0 Å². The minimum Gasteiger partial charge on any atom is -0.465 e. The van der Waals surface area contributed by atoms with Crippen LogP contribution in [0.3, 0.4) is 0 Å². The average Bonchev–Trinajstić information content (AvgIpc) is 3.84. The molecule has 4 aromatic rings. The number of aliphatic hydroxyl groups excluding tert-OH is 3. The predicted molar refractivity (Wildman–Crippen MR) is 147 cm³/mol. The van der Waals surface area contributed by atoms with E-state index < -0.39 is 37.1 Å². The first kappa shape index (κ1) is 28.6. The number of methoxy groups -OCH3 is 1. The highest BCUT2D eigenvalue weighted by Crippen LogP contribution is 2.33. The van der Waals surface area contributed by atoms with Gasteiger partial charge in [0.2, 0.25) is 0 Å². The van der Waals surface area contributed by atoms with Crippen molar-refractivity contribution in [3.05, 3.63) is 59.7 Å². The summed E-state index contributed by atoms with van der Waals surface area (Å²) in [5.74, 6) is -0.333. The Morgan fingerprint density at radius 1 is 1.14 bits per heavy atom. The number of hydrogen-bond donors (Lipinski definition) is 5. The molecule has 5 N–H and O–H groups in total. The zero-order chi connectivity index (χ0) is 30.1. The zero-order valence-electron chi connectivity index (χ0n) is 23.0. The van der Waals surface area contributed by atoms with Crippen LogP contribution >= 0.6 is 0 Å². The number of anilines is 1. The summed E-state index contributed by atoms with van der Waals surface area (Å²) in [6.07, 6.45) is 0.335. The summed E-state index contributed by atoms with van der Waals surface area (Å²) in [7, 11) is 1.31. The lowest BCUT2D eigenvalue weighted by Gasteiger charge is -2.17. The monoisotopic (exact) mass is 594 g/mol. The quantitative estimate of drug-likeness (QED) is 0.156. The molecule has 2 aliphatic rings. The maximum Gasteiger partial charge on any atom is 0.337 e. The van der Waals surface area contributed by atoms with Gasteiger partial charge in [0.15, 0.2) is 23.2 Å². The molecule has 5 heterocycles. The second-order valence-corrected chi connectivity index (χ2v) is 10.2. The number of fused-ring (bicyclic) bond motifs is 1. The van der Waals surface area contributed by atoms with Crippen molar-refractivity contribution < 1.29 is 39.1 Å². The molecule has 0 bridgehead atoms. The molecule has 16 heteroatoms. The average molecular weight is 595 g/mol. The van der Waals surface area contributed by atoms with Crippen LogP contribution in [0.25, 0.3) is 17.1 Å². The van der Waals surface area contributed by atoms with E-state index in [1.807, 2.05) is 0 Å². The van der Waals surface area contributed by atoms with Crippen molar-refractivity contribution in [1.82, 2.24) is 34.6 Å². The molecule has 226 valence electrons. The summed E-state index contributed by atoms with van der Waals surface area (Å²) < 4.78 is 18.7. The fourth-order valence-electron chi connectivity index (χ4n) is 4.96. The molecule has 5 atom stereocenters. The number of nitrogens with one attached hydrogen (secondary N) is 2. The number of ether oxygens (including phenoxy) is 3. The van der Waals surface area contributed by atoms with Crippen LogP contribution in [0.1, 0.15) is 38.9 Å². The number of hydrogen-bond acceptors (Lipinski definition) is 13. The number of carbonyl (C=O) groups excluding carboxylic acids is 2. The lowest BCUT2D eigenvalue weighted by Crippen LogP contribution is -2.33. The number of imidazole rings is 1. The van der Waals surface area contributed by atoms with Gasteiger partial charge in [0.1, 0.15) is 18.3 Å². The van der Waals surface area contributed by atoms with E-state index in [9.17, 15) is 24.9 Å². The van der Waals surface area contributed by atoms with E-state index in [1.54, 1.807) is 24.3 Å². The van der Waals surface area contributed by atoms with E-state index in [2.05, 4.69) is 30.7 Å². The molecule has 16 nitrogen and oxygen atoms in total. The van der Waals surface area contributed by atoms with Crippen molar-refractivity contribution >= 4 is 28.9 Å². The highest BCUT2D eigenvalue weighted by molar-refractivity contribution is 5.94. The topological polar surface area (TPSA) is 208 Å². The molecule has 0 aliphatic carbocycles. The van der Waals surface area contributed by atoms with Crippen molar-refractivity contribution in [3.8, 4) is 5.95 Å². The highest BCUT2D eigenvalue weighted by Gasteiger charge is 2.44. The smallest absolute Gasteiger partial charge is 0.337 e. The Bertz CT molecular complexity index is 1620. The Labute approximate surface area is 244 Å². The van der Waals surface area contributed by atoms with Gasteiger partial charge in [0, 0.05) is 19.3 Å². The van der Waals surface area contributed by atoms with Gasteiger partial charge >= 0.3 is 5.97 Å². The second kappa shape index (κ2) is 12.0. The minimum atomic E-state index is -1.34. The van der Waals surface area contributed by atoms with Gasteiger partial charge in [-0.05, 0) is 24.1 Å². The molecule has 1 aromatic carbocycles. The summed E-state index contributed by atoms with van der Waals surface area (Å²) in [5, 5.41) is 40.9. The van der Waals surface area contributed by atoms with Gasteiger partial charge in [-0.15, -0.1) is 0 Å². The van der Waals surface area contributed by atoms with Crippen LogP contribution in [0.15, 0.2) is 43.0 Å². The summed E-state index contributed by atoms with van der Waals surface area (Å²) in [6.45, 7) is 0.818. The number of carbonyl (C=O) groups is 2. The molecule has 2 fully saturated rings. The molecule has 3 aromatic heterocycles. The molecule has 43 heavy (non-hydrogen) atoms. The fraction of sp³-hybridized carbons (Fsp3) is 0.407. The van der Waals surface area contributed by atoms with Gasteiger partial charge in [-0.3, -0.25) is 9.36 Å². The lowest BCUT2D eigenvalue weighted by molar-refractivity contribution is -0.0511. The van der Waals surface area contributed by atoms with Crippen molar-refractivity contribution in [1.29, 1.82) is 0 Å². The molecule has 2 saturated heterocycles. The Morgan fingerprint density at radius 2 is 1.95 bits per heavy atom. The first-order chi connectivity index (χ1) is 20.9. The summed E-state index contributed by atoms with van der Waals surface area (Å²) in [4.78, 5) is 38.2. The Hall–Kier alpha value is -4.48. The second-order valence-electron chi connectivity index (χ2n) is 10.2. The molecule has 1 unspecified atom stereocenters. The standard InChI is InChI=1S/C27H30N8O8/c1-41-26(40)15-4-2-14(3-5-15)8-28-24(39)16-9-30-35(10-16)27-32-22(31-17-6-7-42-12-17)19-23(33-27)34(13-29-19)25-21(38)20(37)18(11-36)43-25/h2-5,9-10,13,17-18,20-21,25,36-38H,6-8,11-12H2,1H3,(H,28,39)(H,31,32,33)/t17?,18-,20-,21-,25-/m1/s1. The molecule has 2 aliphatic heterocycles. The SMILES string of the molecule is COC(=O)c1ccc(CNC(=O)c2cnn(-c3nc(NC4CCOC4)c4ncn([C@@H]5O[C@H](CO)[C@@H](O)[C@H]5O)c4n3)c2)cc1. The molecule has 6 rings (SSSR count). The Balaban J connectivity index is 1.26. The first-order valence-electron chi connectivity index (χ1n) is 13.6. The van der Waals surface area contributed by atoms with Gasteiger partial charge < -0.3 is 40.2 Å². The number of rotatable bonds is 9. The molecular formula is C27H30N8O8. The first-order valence-corrected chi connectivity index (χ1v) is 13.6. The normalized spacial score (nSPS) is 23.5. The highest BCUT2D eigenvalue weighted by atomic mass is 16.6. The van der Waals surface area contributed by atoms with E-state index in [4.69, 9.17) is 14.2 Å². The van der Waals surface area contributed by atoms with Crippen molar-refractivity contribution in [3.63, 3.8) is 0 Å².